The van der Waals surface area contributed by atoms with E-state index < -0.39 is 43.8 Å². The van der Waals surface area contributed by atoms with Crippen LogP contribution in [0.5, 0.6) is 11.5 Å². The number of esters is 3. The zero-order chi connectivity index (χ0) is 26.0. The van der Waals surface area contributed by atoms with Crippen molar-refractivity contribution in [3.05, 3.63) is 46.6 Å². The molecule has 0 aromatic heterocycles. The Morgan fingerprint density at radius 2 is 1.89 bits per heavy atom. The van der Waals surface area contributed by atoms with Gasteiger partial charge < -0.3 is 33.9 Å². The van der Waals surface area contributed by atoms with Crippen molar-refractivity contribution in [3.8, 4) is 11.5 Å². The maximum absolute atomic E-state index is 12.4. The molecule has 1 aromatic rings. The van der Waals surface area contributed by atoms with Crippen LogP contribution in [-0.2, 0) is 36.8 Å². The third-order valence-corrected chi connectivity index (χ3v) is 5.41. The quantitative estimate of drug-likeness (QED) is 0.225. The minimum Gasteiger partial charge on any atom is -0.496 e. The van der Waals surface area contributed by atoms with E-state index in [1.807, 2.05) is 19.9 Å². The summed E-state index contributed by atoms with van der Waals surface area (Å²) in [7, 11) is 1.55. The molecule has 0 radical (unpaired) electrons. The second-order valence-electron chi connectivity index (χ2n) is 7.89. The lowest BCUT2D eigenvalue weighted by Crippen LogP contribution is -2.28. The number of fused-ring (bicyclic) bond motifs is 1. The number of rotatable bonds is 14. The van der Waals surface area contributed by atoms with E-state index in [4.69, 9.17) is 33.9 Å². The molecule has 10 nitrogen and oxygen atoms in total. The van der Waals surface area contributed by atoms with Gasteiger partial charge in [0.05, 0.1) is 20.3 Å². The number of carbonyl (C=O) groups is 3. The SMILES string of the molecule is C=CCOc1c(C/C=C(\C)CCC(=O)OCC(=O)OC(CO)CO)c(OC)c(C)c2c1C(=O)OC2. The van der Waals surface area contributed by atoms with Crippen molar-refractivity contribution in [2.75, 3.05) is 33.5 Å². The minimum absolute atomic E-state index is 0.0333. The Balaban J connectivity index is 2.06. The van der Waals surface area contributed by atoms with Gasteiger partial charge in [-0.1, -0.05) is 24.3 Å². The molecule has 0 spiro atoms. The molecule has 0 bridgehead atoms. The number of allylic oxidation sites excluding steroid dienone is 2. The highest BCUT2D eigenvalue weighted by Crippen LogP contribution is 2.42. The van der Waals surface area contributed by atoms with Gasteiger partial charge in [0.2, 0.25) is 0 Å². The van der Waals surface area contributed by atoms with Gasteiger partial charge in [-0.15, -0.1) is 0 Å². The van der Waals surface area contributed by atoms with Gasteiger partial charge in [-0.25, -0.2) is 9.59 Å². The number of cyclic esters (lactones) is 1. The molecule has 0 atom stereocenters. The van der Waals surface area contributed by atoms with Crippen LogP contribution in [-0.4, -0.2) is 67.8 Å². The number of hydrogen-bond donors (Lipinski definition) is 2. The monoisotopic (exact) mass is 492 g/mol. The molecule has 0 aliphatic carbocycles. The Kier molecular flexibility index (Phi) is 10.8. The van der Waals surface area contributed by atoms with Gasteiger partial charge in [0, 0.05) is 17.5 Å². The highest BCUT2D eigenvalue weighted by molar-refractivity contribution is 5.98. The summed E-state index contributed by atoms with van der Waals surface area (Å²) in [4.78, 5) is 35.9. The standard InChI is InChI=1S/C25H32O10/c1-5-10-32-24-18(23(31-4)16(3)19-13-34-25(30)22(19)24)8-6-15(2)7-9-20(28)33-14-21(29)35-17(11-26)12-27/h5-6,17,26-27H,1,7-14H2,2-4H3/b15-6+. The van der Waals surface area contributed by atoms with Crippen LogP contribution in [0.4, 0.5) is 0 Å². The minimum atomic E-state index is -1.05. The summed E-state index contributed by atoms with van der Waals surface area (Å²) < 4.78 is 26.3. The van der Waals surface area contributed by atoms with Crippen LogP contribution in [0.25, 0.3) is 0 Å². The van der Waals surface area contributed by atoms with E-state index in [1.165, 1.54) is 0 Å². The van der Waals surface area contributed by atoms with Gasteiger partial charge in [0.15, 0.2) is 6.61 Å². The highest BCUT2D eigenvalue weighted by atomic mass is 16.6. The van der Waals surface area contributed by atoms with Gasteiger partial charge in [0.1, 0.15) is 36.4 Å². The normalized spacial score (nSPS) is 12.7. The maximum Gasteiger partial charge on any atom is 0.344 e. The second kappa shape index (κ2) is 13.5. The molecule has 2 rings (SSSR count). The molecule has 1 aliphatic heterocycles. The third-order valence-electron chi connectivity index (χ3n) is 5.41. The van der Waals surface area contributed by atoms with Crippen molar-refractivity contribution in [1.82, 2.24) is 0 Å². The Bertz CT molecular complexity index is 975. The Morgan fingerprint density at radius 3 is 2.51 bits per heavy atom. The lowest BCUT2D eigenvalue weighted by molar-refractivity contribution is -0.165. The lowest BCUT2D eigenvalue weighted by Gasteiger charge is -2.19. The average molecular weight is 493 g/mol. The summed E-state index contributed by atoms with van der Waals surface area (Å²) in [6.45, 7) is 6.06. The van der Waals surface area contributed by atoms with Crippen LogP contribution in [0.2, 0.25) is 0 Å². The van der Waals surface area contributed by atoms with Crippen LogP contribution in [0.15, 0.2) is 24.3 Å². The summed E-state index contributed by atoms with van der Waals surface area (Å²) in [5.41, 5.74) is 3.51. The van der Waals surface area contributed by atoms with Gasteiger partial charge >= 0.3 is 17.9 Å². The number of methoxy groups -OCH3 is 1. The first-order chi connectivity index (χ1) is 16.8. The first-order valence-electron chi connectivity index (χ1n) is 11.1. The molecule has 192 valence electrons. The van der Waals surface area contributed by atoms with Crippen LogP contribution in [0.1, 0.15) is 46.8 Å². The number of ether oxygens (including phenoxy) is 5. The van der Waals surface area contributed by atoms with Crippen molar-refractivity contribution >= 4 is 17.9 Å². The number of aliphatic hydroxyl groups is 2. The Morgan fingerprint density at radius 1 is 1.17 bits per heavy atom. The van der Waals surface area contributed by atoms with Gasteiger partial charge in [-0.05, 0) is 32.3 Å². The Hall–Kier alpha value is -3.37. The van der Waals surface area contributed by atoms with E-state index in [1.54, 1.807) is 13.2 Å². The smallest absolute Gasteiger partial charge is 0.344 e. The average Bonchev–Trinajstić information content (AvgIpc) is 3.24. The first kappa shape index (κ1) is 27.9. The molecular formula is C25H32O10. The molecular weight excluding hydrogens is 460 g/mol. The van der Waals surface area contributed by atoms with Gasteiger partial charge in [-0.3, -0.25) is 4.79 Å². The number of carbonyl (C=O) groups excluding carboxylic acids is 3. The largest absolute Gasteiger partial charge is 0.496 e. The highest BCUT2D eigenvalue weighted by Gasteiger charge is 2.33. The molecule has 2 N–H and O–H groups in total. The molecule has 0 unspecified atom stereocenters. The number of benzene rings is 1. The molecule has 35 heavy (non-hydrogen) atoms. The predicted molar refractivity (Wildman–Crippen MR) is 124 cm³/mol. The number of aliphatic hydroxyl groups excluding tert-OH is 2. The molecule has 1 aliphatic rings. The van der Waals surface area contributed by atoms with Crippen molar-refractivity contribution in [2.24, 2.45) is 0 Å². The number of hydrogen-bond acceptors (Lipinski definition) is 10. The summed E-state index contributed by atoms with van der Waals surface area (Å²) in [6.07, 6.45) is 3.23. The molecule has 0 saturated carbocycles. The summed E-state index contributed by atoms with van der Waals surface area (Å²) >= 11 is 0. The van der Waals surface area contributed by atoms with E-state index in [-0.39, 0.29) is 19.6 Å². The second-order valence-corrected chi connectivity index (χ2v) is 7.89. The molecule has 1 heterocycles. The van der Waals surface area contributed by atoms with Gasteiger partial charge in [0.25, 0.3) is 0 Å². The lowest BCUT2D eigenvalue weighted by atomic mass is 9.94. The van der Waals surface area contributed by atoms with E-state index >= 15 is 0 Å². The van der Waals surface area contributed by atoms with E-state index in [9.17, 15) is 14.4 Å². The van der Waals surface area contributed by atoms with E-state index in [2.05, 4.69) is 6.58 Å². The summed E-state index contributed by atoms with van der Waals surface area (Å²) in [6, 6.07) is 0. The van der Waals surface area contributed by atoms with E-state index in [0.29, 0.717) is 35.5 Å². The summed E-state index contributed by atoms with van der Waals surface area (Å²) in [5.74, 6) is -0.897. The fourth-order valence-corrected chi connectivity index (χ4v) is 3.55. The summed E-state index contributed by atoms with van der Waals surface area (Å²) in [5, 5.41) is 17.8. The molecule has 0 saturated heterocycles. The molecule has 1 aromatic carbocycles. The zero-order valence-corrected chi connectivity index (χ0v) is 20.3. The molecule has 10 heteroatoms. The van der Waals surface area contributed by atoms with Crippen molar-refractivity contribution in [3.63, 3.8) is 0 Å². The van der Waals surface area contributed by atoms with Crippen LogP contribution in [0.3, 0.4) is 0 Å². The van der Waals surface area contributed by atoms with Crippen molar-refractivity contribution in [2.45, 2.75) is 45.8 Å². The first-order valence-corrected chi connectivity index (χ1v) is 11.1. The fourth-order valence-electron chi connectivity index (χ4n) is 3.55. The molecule has 0 fully saturated rings. The van der Waals surface area contributed by atoms with Crippen molar-refractivity contribution in [1.29, 1.82) is 0 Å². The fraction of sp³-hybridized carbons (Fsp3) is 0.480. The zero-order valence-electron chi connectivity index (χ0n) is 20.3. The topological polar surface area (TPSA) is 138 Å². The maximum atomic E-state index is 12.4. The van der Waals surface area contributed by atoms with Crippen LogP contribution in [0, 0.1) is 6.92 Å². The van der Waals surface area contributed by atoms with E-state index in [0.717, 1.165) is 16.7 Å². The Labute approximate surface area is 204 Å². The molecule has 0 amide bonds. The van der Waals surface area contributed by atoms with Gasteiger partial charge in [-0.2, -0.15) is 0 Å². The van der Waals surface area contributed by atoms with Crippen LogP contribution >= 0.6 is 0 Å². The van der Waals surface area contributed by atoms with Crippen molar-refractivity contribution < 1.29 is 48.3 Å². The predicted octanol–water partition coefficient (Wildman–Crippen LogP) is 1.95. The third kappa shape index (κ3) is 7.30. The van der Waals surface area contributed by atoms with Crippen LogP contribution < -0.4 is 9.47 Å².